The molecule has 2 aliphatic rings. The molecule has 2 heterocycles. The first-order valence-corrected chi connectivity index (χ1v) is 8.10. The lowest BCUT2D eigenvalue weighted by Gasteiger charge is -2.20. The second-order valence-corrected chi connectivity index (χ2v) is 6.68. The summed E-state index contributed by atoms with van der Waals surface area (Å²) in [7, 11) is 0. The lowest BCUT2D eigenvalue weighted by atomic mass is 10.0. The third-order valence-corrected chi connectivity index (χ3v) is 4.78. The summed E-state index contributed by atoms with van der Waals surface area (Å²) in [5.74, 6) is 1.78. The summed E-state index contributed by atoms with van der Waals surface area (Å²) in [6.07, 6.45) is 3.39. The molecule has 21 heavy (non-hydrogen) atoms. The van der Waals surface area contributed by atoms with Crippen LogP contribution in [0.3, 0.4) is 0 Å². The molecule has 0 spiro atoms. The molecule has 2 fully saturated rings. The van der Waals surface area contributed by atoms with E-state index in [1.54, 1.807) is 0 Å². The first-order valence-electron chi connectivity index (χ1n) is 8.10. The van der Waals surface area contributed by atoms with E-state index >= 15 is 0 Å². The Balaban J connectivity index is 1.62. The highest BCUT2D eigenvalue weighted by Gasteiger charge is 2.35. The third kappa shape index (κ3) is 3.12. The molecule has 1 aromatic heterocycles. The summed E-state index contributed by atoms with van der Waals surface area (Å²) in [6, 6.07) is 2.55. The molecule has 0 unspecified atom stereocenters. The Morgan fingerprint density at radius 1 is 1.48 bits per heavy atom. The van der Waals surface area contributed by atoms with Gasteiger partial charge in [-0.25, -0.2) is 0 Å². The largest absolute Gasteiger partial charge is 0.360 e. The summed E-state index contributed by atoms with van der Waals surface area (Å²) < 4.78 is 5.27. The second kappa shape index (κ2) is 5.79. The molecule has 1 aliphatic heterocycles. The van der Waals surface area contributed by atoms with E-state index in [1.165, 1.54) is 0 Å². The molecular formula is C16H25N3O2. The third-order valence-electron chi connectivity index (χ3n) is 4.78. The molecule has 1 N–H and O–H groups in total. The monoisotopic (exact) mass is 291 g/mol. The van der Waals surface area contributed by atoms with E-state index in [-0.39, 0.29) is 11.9 Å². The minimum Gasteiger partial charge on any atom is -0.360 e. The number of nitrogens with one attached hydrogen (secondary N) is 1. The van der Waals surface area contributed by atoms with Gasteiger partial charge < -0.3 is 9.84 Å². The molecule has 0 radical (unpaired) electrons. The maximum Gasteiger partial charge on any atom is 0.273 e. The van der Waals surface area contributed by atoms with Gasteiger partial charge in [0.15, 0.2) is 5.69 Å². The topological polar surface area (TPSA) is 58.4 Å². The molecule has 5 heteroatoms. The van der Waals surface area contributed by atoms with Crippen molar-refractivity contribution in [1.29, 1.82) is 0 Å². The number of carbonyl (C=O) groups excluding carboxylic acids is 1. The van der Waals surface area contributed by atoms with Crippen molar-refractivity contribution in [2.24, 2.45) is 5.92 Å². The minimum atomic E-state index is -0.0975. The molecule has 116 valence electrons. The van der Waals surface area contributed by atoms with Gasteiger partial charge >= 0.3 is 0 Å². The van der Waals surface area contributed by atoms with Gasteiger partial charge in [-0.05, 0) is 32.6 Å². The minimum absolute atomic E-state index is 0.0975. The van der Waals surface area contributed by atoms with Crippen molar-refractivity contribution in [3.8, 4) is 0 Å². The van der Waals surface area contributed by atoms with E-state index in [1.807, 2.05) is 6.07 Å². The first-order chi connectivity index (χ1) is 10.1. The van der Waals surface area contributed by atoms with Crippen molar-refractivity contribution in [3.63, 3.8) is 0 Å². The number of likely N-dealkylation sites (tertiary alicyclic amines) is 1. The predicted molar refractivity (Wildman–Crippen MR) is 80.2 cm³/mol. The van der Waals surface area contributed by atoms with Gasteiger partial charge in [-0.3, -0.25) is 9.69 Å². The standard InChI is InChI=1S/C16H25N3O2/c1-4-11-8-19(10(2)3)9-14(11)17-16(20)13-7-15(21-18-13)12-5-6-12/h7,10-12,14H,4-6,8-9H2,1-3H3,(H,17,20)/t11-,14-/m1/s1. The summed E-state index contributed by atoms with van der Waals surface area (Å²) in [5, 5.41) is 7.07. The molecule has 3 rings (SSSR count). The van der Waals surface area contributed by atoms with E-state index in [9.17, 15) is 4.79 Å². The summed E-state index contributed by atoms with van der Waals surface area (Å²) in [5.41, 5.74) is 0.426. The van der Waals surface area contributed by atoms with Crippen LogP contribution in [-0.4, -0.2) is 41.1 Å². The van der Waals surface area contributed by atoms with Gasteiger partial charge in [0, 0.05) is 37.2 Å². The van der Waals surface area contributed by atoms with Gasteiger partial charge in [0.25, 0.3) is 5.91 Å². The molecule has 0 aromatic carbocycles. The predicted octanol–water partition coefficient (Wildman–Crippen LogP) is 2.40. The molecule has 0 bridgehead atoms. The van der Waals surface area contributed by atoms with Gasteiger partial charge in [-0.2, -0.15) is 0 Å². The van der Waals surface area contributed by atoms with Gasteiger partial charge in [0.1, 0.15) is 5.76 Å². The fourth-order valence-electron chi connectivity index (χ4n) is 3.10. The van der Waals surface area contributed by atoms with Crippen LogP contribution in [0.5, 0.6) is 0 Å². The first kappa shape index (κ1) is 14.6. The van der Waals surface area contributed by atoms with Crippen LogP contribution in [0.4, 0.5) is 0 Å². The highest BCUT2D eigenvalue weighted by atomic mass is 16.5. The normalized spacial score (nSPS) is 26.5. The Morgan fingerprint density at radius 3 is 2.86 bits per heavy atom. The SMILES string of the molecule is CC[C@@H]1CN(C(C)C)C[C@H]1NC(=O)c1cc(C2CC2)on1. The van der Waals surface area contributed by atoms with Crippen LogP contribution < -0.4 is 5.32 Å². The summed E-state index contributed by atoms with van der Waals surface area (Å²) in [6.45, 7) is 8.59. The maximum atomic E-state index is 12.3. The number of aromatic nitrogens is 1. The van der Waals surface area contributed by atoms with Gasteiger partial charge in [0.05, 0.1) is 0 Å². The lowest BCUT2D eigenvalue weighted by Crippen LogP contribution is -2.41. The van der Waals surface area contributed by atoms with Crippen LogP contribution in [0.25, 0.3) is 0 Å². The highest BCUT2D eigenvalue weighted by Crippen LogP contribution is 2.40. The van der Waals surface area contributed by atoms with Crippen molar-refractivity contribution in [1.82, 2.24) is 15.4 Å². The number of hydrogen-bond donors (Lipinski definition) is 1. The van der Waals surface area contributed by atoms with E-state index in [0.29, 0.717) is 23.6 Å². The number of carbonyl (C=O) groups is 1. The van der Waals surface area contributed by atoms with Crippen LogP contribution >= 0.6 is 0 Å². The van der Waals surface area contributed by atoms with E-state index < -0.39 is 0 Å². The Labute approximate surface area is 126 Å². The lowest BCUT2D eigenvalue weighted by molar-refractivity contribution is 0.0920. The van der Waals surface area contributed by atoms with Crippen molar-refractivity contribution in [3.05, 3.63) is 17.5 Å². The van der Waals surface area contributed by atoms with E-state index in [4.69, 9.17) is 4.52 Å². The molecule has 1 saturated carbocycles. The van der Waals surface area contributed by atoms with Crippen molar-refractivity contribution in [2.45, 2.75) is 58.0 Å². The zero-order valence-corrected chi connectivity index (χ0v) is 13.1. The molecule has 1 saturated heterocycles. The number of amides is 1. The van der Waals surface area contributed by atoms with Crippen LogP contribution in [0.15, 0.2) is 10.6 Å². The Kier molecular flexibility index (Phi) is 4.02. The average molecular weight is 291 g/mol. The summed E-state index contributed by atoms with van der Waals surface area (Å²) in [4.78, 5) is 14.8. The quantitative estimate of drug-likeness (QED) is 0.905. The number of hydrogen-bond acceptors (Lipinski definition) is 4. The van der Waals surface area contributed by atoms with Gasteiger partial charge in [0.2, 0.25) is 0 Å². The molecule has 1 aliphatic carbocycles. The molecule has 2 atom stereocenters. The van der Waals surface area contributed by atoms with Gasteiger partial charge in [-0.1, -0.05) is 18.5 Å². The van der Waals surface area contributed by atoms with Gasteiger partial charge in [-0.15, -0.1) is 0 Å². The zero-order chi connectivity index (χ0) is 15.0. The van der Waals surface area contributed by atoms with Crippen LogP contribution in [0.2, 0.25) is 0 Å². The van der Waals surface area contributed by atoms with Crippen LogP contribution in [0.1, 0.15) is 62.2 Å². The molecule has 1 amide bonds. The second-order valence-electron chi connectivity index (χ2n) is 6.68. The fourth-order valence-corrected chi connectivity index (χ4v) is 3.10. The maximum absolute atomic E-state index is 12.3. The Morgan fingerprint density at radius 2 is 2.24 bits per heavy atom. The Hall–Kier alpha value is -1.36. The highest BCUT2D eigenvalue weighted by molar-refractivity contribution is 5.92. The molecular weight excluding hydrogens is 266 g/mol. The molecule has 1 aromatic rings. The average Bonchev–Trinajstić information content (AvgIpc) is 3.03. The van der Waals surface area contributed by atoms with Crippen LogP contribution in [0, 0.1) is 5.92 Å². The van der Waals surface area contributed by atoms with Crippen molar-refractivity contribution < 1.29 is 9.32 Å². The summed E-state index contributed by atoms with van der Waals surface area (Å²) >= 11 is 0. The Bertz CT molecular complexity index is 507. The smallest absolute Gasteiger partial charge is 0.273 e. The van der Waals surface area contributed by atoms with E-state index in [0.717, 1.165) is 38.1 Å². The van der Waals surface area contributed by atoms with Crippen LogP contribution in [-0.2, 0) is 0 Å². The van der Waals surface area contributed by atoms with Crippen molar-refractivity contribution >= 4 is 5.91 Å². The number of nitrogens with zero attached hydrogens (tertiary/aromatic N) is 2. The van der Waals surface area contributed by atoms with Crippen molar-refractivity contribution in [2.75, 3.05) is 13.1 Å². The zero-order valence-electron chi connectivity index (χ0n) is 13.1. The molecule has 5 nitrogen and oxygen atoms in total. The number of rotatable bonds is 5. The fraction of sp³-hybridized carbons (Fsp3) is 0.750. The van der Waals surface area contributed by atoms with E-state index in [2.05, 4.69) is 36.1 Å².